The summed E-state index contributed by atoms with van der Waals surface area (Å²) < 4.78 is 5.47. The second kappa shape index (κ2) is 9.82. The monoisotopic (exact) mass is 435 g/mol. The zero-order valence-corrected chi connectivity index (χ0v) is 18.0. The topological polar surface area (TPSA) is 108 Å². The number of ether oxygens (including phenoxy) is 1. The summed E-state index contributed by atoms with van der Waals surface area (Å²) in [5.41, 5.74) is 2.77. The molecule has 1 heterocycles. The van der Waals surface area contributed by atoms with Crippen LogP contribution >= 0.6 is 0 Å². The lowest BCUT2D eigenvalue weighted by molar-refractivity contribution is -0.127. The van der Waals surface area contributed by atoms with Gasteiger partial charge in [-0.2, -0.15) is 0 Å². The molecule has 4 amide bonds. The number of carbonyl (C=O) groups is 3. The molecule has 32 heavy (non-hydrogen) atoms. The minimum absolute atomic E-state index is 0.00471. The van der Waals surface area contributed by atoms with Gasteiger partial charge in [-0.05, 0) is 56.2 Å². The molecule has 8 nitrogen and oxygen atoms in total. The maximum absolute atomic E-state index is 12.7. The molecule has 1 aliphatic heterocycles. The zero-order valence-electron chi connectivity index (χ0n) is 18.0. The summed E-state index contributed by atoms with van der Waals surface area (Å²) >= 11 is 0. The van der Waals surface area contributed by atoms with Crippen molar-refractivity contribution in [2.75, 3.05) is 18.5 Å². The summed E-state index contributed by atoms with van der Waals surface area (Å²) in [7, 11) is 0. The fourth-order valence-corrected chi connectivity index (χ4v) is 3.21. The number of phenols is 1. The molecule has 8 heteroatoms. The van der Waals surface area contributed by atoms with Crippen LogP contribution < -0.4 is 15.4 Å². The Bertz CT molecular complexity index is 1090. The highest BCUT2D eigenvalue weighted by molar-refractivity contribution is 6.16. The van der Waals surface area contributed by atoms with Crippen LogP contribution in [0.1, 0.15) is 23.6 Å². The average Bonchev–Trinajstić information content (AvgIpc) is 3.00. The Balaban J connectivity index is 1.78. The third-order valence-corrected chi connectivity index (χ3v) is 4.75. The van der Waals surface area contributed by atoms with Crippen LogP contribution in [0.2, 0.25) is 0 Å². The van der Waals surface area contributed by atoms with Crippen LogP contribution in [0.3, 0.4) is 0 Å². The quantitative estimate of drug-likeness (QED) is 0.335. The number of imide groups is 1. The van der Waals surface area contributed by atoms with Crippen LogP contribution in [0.4, 0.5) is 10.5 Å². The van der Waals surface area contributed by atoms with Crippen molar-refractivity contribution in [3.63, 3.8) is 0 Å². The normalized spacial score (nSPS) is 14.4. The molecule has 3 N–H and O–H groups in total. The molecule has 166 valence electrons. The second-order valence-corrected chi connectivity index (χ2v) is 7.25. The third-order valence-electron chi connectivity index (χ3n) is 4.75. The van der Waals surface area contributed by atoms with E-state index in [1.54, 1.807) is 37.3 Å². The van der Waals surface area contributed by atoms with Crippen molar-refractivity contribution in [3.05, 3.63) is 71.4 Å². The van der Waals surface area contributed by atoms with Crippen LogP contribution in [0, 0.1) is 6.92 Å². The Morgan fingerprint density at radius 1 is 1.25 bits per heavy atom. The van der Waals surface area contributed by atoms with Gasteiger partial charge in [-0.25, -0.2) is 9.69 Å². The SMILES string of the molecule is C=CCc1cc(C=C2NC(=O)N(CC(=O)Nc3ccc(C)cc3)C2=O)cc(OCC)c1O. The number of hydrogen-bond acceptors (Lipinski definition) is 5. The Morgan fingerprint density at radius 2 is 1.97 bits per heavy atom. The molecule has 1 saturated heterocycles. The third kappa shape index (κ3) is 5.15. The molecular formula is C24H25N3O5. The number of phenolic OH excluding ortho intramolecular Hbond substituents is 1. The van der Waals surface area contributed by atoms with E-state index in [1.807, 2.05) is 19.1 Å². The van der Waals surface area contributed by atoms with Crippen molar-refractivity contribution in [2.24, 2.45) is 0 Å². The molecule has 0 saturated carbocycles. The second-order valence-electron chi connectivity index (χ2n) is 7.25. The summed E-state index contributed by atoms with van der Waals surface area (Å²) in [5, 5.41) is 15.5. The molecule has 0 radical (unpaired) electrons. The van der Waals surface area contributed by atoms with Gasteiger partial charge in [0, 0.05) is 11.3 Å². The lowest BCUT2D eigenvalue weighted by Crippen LogP contribution is -2.38. The van der Waals surface area contributed by atoms with E-state index in [-0.39, 0.29) is 17.2 Å². The first-order chi connectivity index (χ1) is 15.3. The number of carbonyl (C=O) groups excluding carboxylic acids is 3. The number of amides is 4. The van der Waals surface area contributed by atoms with Gasteiger partial charge in [0.25, 0.3) is 5.91 Å². The fourth-order valence-electron chi connectivity index (χ4n) is 3.21. The van der Waals surface area contributed by atoms with E-state index in [0.29, 0.717) is 29.8 Å². The van der Waals surface area contributed by atoms with Crippen molar-refractivity contribution >= 4 is 29.6 Å². The van der Waals surface area contributed by atoms with Gasteiger partial charge < -0.3 is 20.5 Å². The van der Waals surface area contributed by atoms with E-state index < -0.39 is 24.4 Å². The smallest absolute Gasteiger partial charge is 0.329 e. The van der Waals surface area contributed by atoms with Gasteiger partial charge in [-0.3, -0.25) is 9.59 Å². The van der Waals surface area contributed by atoms with E-state index in [2.05, 4.69) is 17.2 Å². The number of aromatic hydroxyl groups is 1. The van der Waals surface area contributed by atoms with Crippen molar-refractivity contribution in [1.82, 2.24) is 10.2 Å². The highest BCUT2D eigenvalue weighted by atomic mass is 16.5. The number of nitrogens with one attached hydrogen (secondary N) is 2. The molecule has 2 aromatic rings. The Kier molecular flexibility index (Phi) is 6.94. The standard InChI is InChI=1S/C24H25N3O5/c1-4-6-17-11-16(13-20(22(17)29)32-5-2)12-19-23(30)27(24(31)26-19)14-21(28)25-18-9-7-15(3)8-10-18/h4,7-13,29H,1,5-6,14H2,2-3H3,(H,25,28)(H,26,31). The predicted molar refractivity (Wildman–Crippen MR) is 121 cm³/mol. The molecule has 0 spiro atoms. The molecule has 0 aromatic heterocycles. The van der Waals surface area contributed by atoms with Crippen molar-refractivity contribution < 1.29 is 24.2 Å². The molecule has 0 aliphatic carbocycles. The number of nitrogens with zero attached hydrogens (tertiary/aromatic N) is 1. The zero-order chi connectivity index (χ0) is 23.3. The lowest BCUT2D eigenvalue weighted by Gasteiger charge is -2.12. The highest BCUT2D eigenvalue weighted by Crippen LogP contribution is 2.33. The van der Waals surface area contributed by atoms with Crippen LogP contribution in [0.25, 0.3) is 6.08 Å². The summed E-state index contributed by atoms with van der Waals surface area (Å²) in [4.78, 5) is 38.2. The van der Waals surface area contributed by atoms with Crippen LogP contribution in [0.15, 0.2) is 54.8 Å². The number of benzene rings is 2. The Morgan fingerprint density at radius 3 is 2.62 bits per heavy atom. The summed E-state index contributed by atoms with van der Waals surface area (Å²) in [5.74, 6) is -0.838. The minimum atomic E-state index is -0.685. The molecule has 0 unspecified atom stereocenters. The largest absolute Gasteiger partial charge is 0.504 e. The first kappa shape index (κ1) is 22.6. The van der Waals surface area contributed by atoms with Gasteiger partial charge >= 0.3 is 6.03 Å². The van der Waals surface area contributed by atoms with E-state index >= 15 is 0 Å². The predicted octanol–water partition coefficient (Wildman–Crippen LogP) is 3.36. The average molecular weight is 435 g/mol. The Hall–Kier alpha value is -4.07. The fraction of sp³-hybridized carbons (Fsp3) is 0.208. The van der Waals surface area contributed by atoms with Gasteiger partial charge in [0.1, 0.15) is 12.2 Å². The van der Waals surface area contributed by atoms with Crippen molar-refractivity contribution in [2.45, 2.75) is 20.3 Å². The lowest BCUT2D eigenvalue weighted by atomic mass is 10.0. The van der Waals surface area contributed by atoms with Crippen LogP contribution in [0.5, 0.6) is 11.5 Å². The first-order valence-corrected chi connectivity index (χ1v) is 10.1. The maximum Gasteiger partial charge on any atom is 0.329 e. The molecule has 3 rings (SSSR count). The number of hydrogen-bond donors (Lipinski definition) is 3. The molecule has 1 aliphatic rings. The number of aryl methyl sites for hydroxylation is 1. The number of allylic oxidation sites excluding steroid dienone is 1. The van der Waals surface area contributed by atoms with Gasteiger partial charge in [0.05, 0.1) is 6.61 Å². The molecular weight excluding hydrogens is 410 g/mol. The van der Waals surface area contributed by atoms with Crippen molar-refractivity contribution in [3.8, 4) is 11.5 Å². The maximum atomic E-state index is 12.7. The van der Waals surface area contributed by atoms with Gasteiger partial charge in [-0.1, -0.05) is 23.8 Å². The van der Waals surface area contributed by atoms with Gasteiger partial charge in [0.2, 0.25) is 5.91 Å². The van der Waals surface area contributed by atoms with Crippen LogP contribution in [-0.4, -0.2) is 41.0 Å². The Labute approximate surface area is 186 Å². The molecule has 2 aromatic carbocycles. The molecule has 1 fully saturated rings. The van der Waals surface area contributed by atoms with Crippen molar-refractivity contribution in [1.29, 1.82) is 0 Å². The van der Waals surface area contributed by atoms with E-state index in [4.69, 9.17) is 4.74 Å². The first-order valence-electron chi connectivity index (χ1n) is 10.1. The van der Waals surface area contributed by atoms with Gasteiger partial charge in [-0.15, -0.1) is 6.58 Å². The molecule has 0 bridgehead atoms. The minimum Gasteiger partial charge on any atom is -0.504 e. The number of rotatable bonds is 8. The van der Waals surface area contributed by atoms with Crippen LogP contribution in [-0.2, 0) is 16.0 Å². The number of urea groups is 1. The van der Waals surface area contributed by atoms with E-state index in [9.17, 15) is 19.5 Å². The van der Waals surface area contributed by atoms with E-state index in [0.717, 1.165) is 10.5 Å². The summed E-state index contributed by atoms with van der Waals surface area (Å²) in [6.07, 6.45) is 3.51. The highest BCUT2D eigenvalue weighted by Gasteiger charge is 2.35. The number of anilines is 1. The van der Waals surface area contributed by atoms with Gasteiger partial charge in [0.15, 0.2) is 11.5 Å². The van der Waals surface area contributed by atoms with E-state index in [1.165, 1.54) is 6.08 Å². The molecule has 0 atom stereocenters. The summed E-state index contributed by atoms with van der Waals surface area (Å²) in [6, 6.07) is 9.75. The summed E-state index contributed by atoms with van der Waals surface area (Å²) in [6.45, 7) is 7.32.